The van der Waals surface area contributed by atoms with Crippen molar-refractivity contribution in [1.82, 2.24) is 25.0 Å². The fourth-order valence-corrected chi connectivity index (χ4v) is 3.60. The second-order valence-corrected chi connectivity index (χ2v) is 7.06. The molecule has 1 aliphatic heterocycles. The Balaban J connectivity index is 1.87. The molecule has 0 saturated carbocycles. The number of carbonyl (C=O) groups excluding carboxylic acids is 1. The maximum Gasteiger partial charge on any atom is 0.274 e. The molecule has 25 heavy (non-hydrogen) atoms. The van der Waals surface area contributed by atoms with Crippen LogP contribution in [0.1, 0.15) is 34.7 Å². The maximum atomic E-state index is 13.0. The molecule has 2 aromatic rings. The first kappa shape index (κ1) is 17.9. The lowest BCUT2D eigenvalue weighted by atomic mass is 9.98. The summed E-state index contributed by atoms with van der Waals surface area (Å²) in [5, 5.41) is 8.01. The molecule has 3 heterocycles. The topological polar surface area (TPSA) is 63.1 Å². The summed E-state index contributed by atoms with van der Waals surface area (Å²) in [7, 11) is 1.94. The second-order valence-electron chi connectivity index (χ2n) is 6.66. The Labute approximate surface area is 153 Å². The first-order chi connectivity index (χ1) is 12.0. The minimum absolute atomic E-state index is 0.103. The van der Waals surface area contributed by atoms with Crippen molar-refractivity contribution < 1.29 is 4.79 Å². The van der Waals surface area contributed by atoms with E-state index in [2.05, 4.69) is 15.4 Å². The highest BCUT2D eigenvalue weighted by Crippen LogP contribution is 2.22. The van der Waals surface area contributed by atoms with Gasteiger partial charge in [0.1, 0.15) is 5.69 Å². The molecule has 1 saturated heterocycles. The molecular weight excluding hydrogens is 338 g/mol. The van der Waals surface area contributed by atoms with Crippen LogP contribution in [-0.2, 0) is 0 Å². The summed E-state index contributed by atoms with van der Waals surface area (Å²) in [5.74, 6) is 0.983. The molecule has 0 aromatic carbocycles. The number of aromatic nitrogens is 3. The minimum atomic E-state index is -0.103. The Bertz CT molecular complexity index is 771. The molecular formula is C18H24ClN5O. The smallest absolute Gasteiger partial charge is 0.274 e. The number of amides is 1. The lowest BCUT2D eigenvalue weighted by molar-refractivity contribution is 0.0668. The Kier molecular flexibility index (Phi) is 5.39. The largest absolute Gasteiger partial charge is 0.337 e. The van der Waals surface area contributed by atoms with Gasteiger partial charge in [-0.2, -0.15) is 5.10 Å². The van der Waals surface area contributed by atoms with E-state index >= 15 is 0 Å². The van der Waals surface area contributed by atoms with Crippen LogP contribution in [0.2, 0.25) is 5.02 Å². The average Bonchev–Trinajstić information content (AvgIpc) is 2.94. The number of hydrogen-bond acceptors (Lipinski definition) is 4. The van der Waals surface area contributed by atoms with Crippen molar-refractivity contribution in [3.05, 3.63) is 40.3 Å². The summed E-state index contributed by atoms with van der Waals surface area (Å²) in [5.41, 5.74) is 2.18. The number of hydrogen-bond donors (Lipinski definition) is 1. The van der Waals surface area contributed by atoms with Gasteiger partial charge in [-0.05, 0) is 64.4 Å². The molecule has 6 nitrogen and oxygen atoms in total. The molecule has 134 valence electrons. The number of nitrogens with one attached hydrogen (secondary N) is 1. The monoisotopic (exact) mass is 361 g/mol. The third-order valence-corrected chi connectivity index (χ3v) is 4.86. The fourth-order valence-electron chi connectivity index (χ4n) is 3.42. The number of pyridine rings is 1. The first-order valence-corrected chi connectivity index (χ1v) is 9.01. The van der Waals surface area contributed by atoms with Gasteiger partial charge in [-0.3, -0.25) is 4.79 Å². The number of halogens is 1. The van der Waals surface area contributed by atoms with Crippen LogP contribution < -0.4 is 5.32 Å². The van der Waals surface area contributed by atoms with Crippen LogP contribution in [0.3, 0.4) is 0 Å². The minimum Gasteiger partial charge on any atom is -0.337 e. The van der Waals surface area contributed by atoms with Gasteiger partial charge in [-0.1, -0.05) is 11.6 Å². The Hall–Kier alpha value is -1.92. The summed E-state index contributed by atoms with van der Waals surface area (Å²) >= 11 is 6.29. The predicted molar refractivity (Wildman–Crippen MR) is 98.4 cm³/mol. The zero-order valence-electron chi connectivity index (χ0n) is 14.9. The third kappa shape index (κ3) is 3.85. The van der Waals surface area contributed by atoms with Gasteiger partial charge >= 0.3 is 0 Å². The normalized spacial score (nSPS) is 17.8. The molecule has 1 amide bonds. The van der Waals surface area contributed by atoms with Crippen molar-refractivity contribution in [3.63, 3.8) is 0 Å². The van der Waals surface area contributed by atoms with E-state index in [1.54, 1.807) is 16.8 Å². The summed E-state index contributed by atoms with van der Waals surface area (Å²) in [4.78, 5) is 19.4. The highest BCUT2D eigenvalue weighted by molar-refractivity contribution is 6.33. The van der Waals surface area contributed by atoms with Gasteiger partial charge in [-0.15, -0.1) is 0 Å². The van der Waals surface area contributed by atoms with Crippen molar-refractivity contribution in [2.75, 3.05) is 26.7 Å². The zero-order valence-corrected chi connectivity index (χ0v) is 15.7. The quantitative estimate of drug-likeness (QED) is 0.909. The average molecular weight is 362 g/mol. The lowest BCUT2D eigenvalue weighted by Gasteiger charge is -2.32. The van der Waals surface area contributed by atoms with Crippen molar-refractivity contribution in [2.24, 2.45) is 5.92 Å². The summed E-state index contributed by atoms with van der Waals surface area (Å²) in [6.07, 6.45) is 2.14. The summed E-state index contributed by atoms with van der Waals surface area (Å²) < 4.78 is 1.74. The van der Waals surface area contributed by atoms with Gasteiger partial charge in [0, 0.05) is 18.8 Å². The van der Waals surface area contributed by atoms with Gasteiger partial charge < -0.3 is 10.2 Å². The summed E-state index contributed by atoms with van der Waals surface area (Å²) in [6.45, 7) is 6.30. The van der Waals surface area contributed by atoms with Crippen molar-refractivity contribution >= 4 is 17.5 Å². The number of nitrogens with zero attached hydrogens (tertiary/aromatic N) is 4. The second kappa shape index (κ2) is 7.54. The number of piperidine rings is 1. The highest BCUT2D eigenvalue weighted by atomic mass is 35.5. The van der Waals surface area contributed by atoms with Gasteiger partial charge in [0.15, 0.2) is 5.82 Å². The van der Waals surface area contributed by atoms with Crippen LogP contribution in [0.4, 0.5) is 0 Å². The molecule has 1 aliphatic rings. The number of likely N-dealkylation sites (tertiary alicyclic amines) is 1. The zero-order chi connectivity index (χ0) is 18.0. The summed E-state index contributed by atoms with van der Waals surface area (Å²) in [6, 6.07) is 5.49. The van der Waals surface area contributed by atoms with Gasteiger partial charge in [0.2, 0.25) is 0 Å². The first-order valence-electron chi connectivity index (χ1n) is 8.63. The number of carbonyl (C=O) groups is 1. The van der Waals surface area contributed by atoms with Gasteiger partial charge in [-0.25, -0.2) is 9.67 Å². The van der Waals surface area contributed by atoms with E-state index in [4.69, 9.17) is 11.6 Å². The van der Waals surface area contributed by atoms with Crippen LogP contribution in [0.5, 0.6) is 0 Å². The van der Waals surface area contributed by atoms with Crippen molar-refractivity contribution in [1.29, 1.82) is 0 Å². The molecule has 7 heteroatoms. The van der Waals surface area contributed by atoms with Crippen LogP contribution in [0.15, 0.2) is 18.2 Å². The molecule has 1 unspecified atom stereocenters. The van der Waals surface area contributed by atoms with E-state index in [1.807, 2.05) is 31.9 Å². The highest BCUT2D eigenvalue weighted by Gasteiger charge is 2.26. The Morgan fingerprint density at radius 1 is 1.40 bits per heavy atom. The molecule has 1 atom stereocenters. The molecule has 3 rings (SSSR count). The Morgan fingerprint density at radius 3 is 2.88 bits per heavy atom. The molecule has 0 bridgehead atoms. The lowest BCUT2D eigenvalue weighted by Crippen LogP contribution is -2.42. The van der Waals surface area contributed by atoms with Gasteiger partial charge in [0.25, 0.3) is 5.91 Å². The van der Waals surface area contributed by atoms with E-state index in [1.165, 1.54) is 0 Å². The third-order valence-electron chi connectivity index (χ3n) is 4.56. The van der Waals surface area contributed by atoms with Crippen LogP contribution >= 0.6 is 11.6 Å². The van der Waals surface area contributed by atoms with E-state index in [0.29, 0.717) is 22.5 Å². The van der Waals surface area contributed by atoms with E-state index in [0.717, 1.165) is 43.9 Å². The molecule has 1 fully saturated rings. The van der Waals surface area contributed by atoms with Crippen LogP contribution in [-0.4, -0.2) is 52.3 Å². The van der Waals surface area contributed by atoms with Crippen molar-refractivity contribution in [3.8, 4) is 5.82 Å². The molecule has 2 aromatic heterocycles. The Morgan fingerprint density at radius 2 is 2.20 bits per heavy atom. The maximum absolute atomic E-state index is 13.0. The fraction of sp³-hybridized carbons (Fsp3) is 0.500. The SMILES string of the molecule is CNCC1CCCN(C(=O)c2nc(-n3nc(C)cc3C)ccc2Cl)C1. The molecule has 0 radical (unpaired) electrons. The van der Waals surface area contributed by atoms with Crippen LogP contribution in [0, 0.1) is 19.8 Å². The molecule has 0 spiro atoms. The van der Waals surface area contributed by atoms with Gasteiger partial charge in [0.05, 0.1) is 10.7 Å². The van der Waals surface area contributed by atoms with E-state index < -0.39 is 0 Å². The molecule has 0 aliphatic carbocycles. The van der Waals surface area contributed by atoms with Crippen LogP contribution in [0.25, 0.3) is 5.82 Å². The predicted octanol–water partition coefficient (Wildman–Crippen LogP) is 2.61. The standard InChI is InChI=1S/C18H24ClN5O/c1-12-9-13(2)24(22-12)16-7-6-15(19)17(21-16)18(25)23-8-4-5-14(11-23)10-20-3/h6-7,9,14,20H,4-5,8,10-11H2,1-3H3. The van der Waals surface area contributed by atoms with Crippen molar-refractivity contribution in [2.45, 2.75) is 26.7 Å². The van der Waals surface area contributed by atoms with E-state index in [-0.39, 0.29) is 5.91 Å². The molecule has 1 N–H and O–H groups in total. The van der Waals surface area contributed by atoms with E-state index in [9.17, 15) is 4.79 Å². The number of rotatable bonds is 4. The number of aryl methyl sites for hydroxylation is 2.